The Labute approximate surface area is 61.9 Å². The zero-order valence-corrected chi connectivity index (χ0v) is 7.10. The maximum atomic E-state index is 4.34. The first-order chi connectivity index (χ1) is 4.66. The van der Waals surface area contributed by atoms with Gasteiger partial charge in [-0.25, -0.2) is 0 Å². The van der Waals surface area contributed by atoms with Crippen molar-refractivity contribution in [1.29, 1.82) is 0 Å². The molecule has 10 heavy (non-hydrogen) atoms. The predicted octanol–water partition coefficient (Wildman–Crippen LogP) is 1.60. The molecule has 2 nitrogen and oxygen atoms in total. The summed E-state index contributed by atoms with van der Waals surface area (Å²) in [5.41, 5.74) is 3.84. The fourth-order valence-electron chi connectivity index (χ4n) is 1.12. The molecule has 56 valence electrons. The second-order valence-corrected chi connectivity index (χ2v) is 2.63. The van der Waals surface area contributed by atoms with Gasteiger partial charge in [0.1, 0.15) is 0 Å². The third-order valence-corrected chi connectivity index (χ3v) is 2.07. The van der Waals surface area contributed by atoms with E-state index in [-0.39, 0.29) is 0 Å². The second kappa shape index (κ2) is 2.45. The smallest absolute Gasteiger partial charge is 0.0653 e. The number of hydrogen-bond acceptors (Lipinski definition) is 1. The maximum Gasteiger partial charge on any atom is 0.0653 e. The summed E-state index contributed by atoms with van der Waals surface area (Å²) in [7, 11) is 1.99. The van der Waals surface area contributed by atoms with Gasteiger partial charge in [0, 0.05) is 12.7 Å². The van der Waals surface area contributed by atoms with Crippen molar-refractivity contribution in [2.75, 3.05) is 0 Å². The third-order valence-electron chi connectivity index (χ3n) is 2.07. The molecule has 0 atom stereocenters. The topological polar surface area (TPSA) is 17.8 Å². The van der Waals surface area contributed by atoms with E-state index in [0.717, 1.165) is 6.42 Å². The fourth-order valence-corrected chi connectivity index (χ4v) is 1.12. The van der Waals surface area contributed by atoms with Gasteiger partial charge in [0.25, 0.3) is 0 Å². The molecule has 2 heteroatoms. The zero-order chi connectivity index (χ0) is 7.72. The van der Waals surface area contributed by atoms with Gasteiger partial charge in [-0.05, 0) is 25.8 Å². The van der Waals surface area contributed by atoms with E-state index in [0.29, 0.717) is 0 Å². The monoisotopic (exact) mass is 138 g/mol. The highest BCUT2D eigenvalue weighted by Crippen LogP contribution is 2.10. The van der Waals surface area contributed by atoms with Crippen LogP contribution >= 0.6 is 0 Å². The summed E-state index contributed by atoms with van der Waals surface area (Å²) in [4.78, 5) is 0. The van der Waals surface area contributed by atoms with Crippen molar-refractivity contribution in [3.05, 3.63) is 17.0 Å². The molecule has 0 aromatic carbocycles. The number of aromatic nitrogens is 2. The van der Waals surface area contributed by atoms with Crippen LogP contribution in [0.25, 0.3) is 0 Å². The van der Waals surface area contributed by atoms with Gasteiger partial charge < -0.3 is 0 Å². The molecule has 0 saturated heterocycles. The van der Waals surface area contributed by atoms with Gasteiger partial charge >= 0.3 is 0 Å². The van der Waals surface area contributed by atoms with Crippen molar-refractivity contribution < 1.29 is 0 Å². The first-order valence-electron chi connectivity index (χ1n) is 3.66. The molecule has 0 unspecified atom stereocenters. The van der Waals surface area contributed by atoms with Crippen LogP contribution in [0.15, 0.2) is 0 Å². The van der Waals surface area contributed by atoms with E-state index in [2.05, 4.69) is 25.9 Å². The Bertz CT molecular complexity index is 236. The van der Waals surface area contributed by atoms with E-state index in [4.69, 9.17) is 0 Å². The van der Waals surface area contributed by atoms with E-state index in [1.54, 1.807) is 0 Å². The number of nitrogens with zero attached hydrogens (tertiary/aromatic N) is 2. The van der Waals surface area contributed by atoms with Gasteiger partial charge in [-0.3, -0.25) is 4.68 Å². The Hall–Kier alpha value is -0.790. The molecule has 0 spiro atoms. The van der Waals surface area contributed by atoms with Crippen LogP contribution in [0.4, 0.5) is 0 Å². The Morgan fingerprint density at radius 1 is 1.40 bits per heavy atom. The molecule has 0 amide bonds. The lowest BCUT2D eigenvalue weighted by atomic mass is 10.2. The third kappa shape index (κ3) is 0.939. The van der Waals surface area contributed by atoms with Crippen LogP contribution in [0.5, 0.6) is 0 Å². The number of hydrogen-bond donors (Lipinski definition) is 0. The average Bonchev–Trinajstić information content (AvgIpc) is 2.17. The van der Waals surface area contributed by atoms with Crippen LogP contribution in [0.3, 0.4) is 0 Å². The van der Waals surface area contributed by atoms with E-state index in [1.165, 1.54) is 17.0 Å². The largest absolute Gasteiger partial charge is 0.272 e. The molecule has 1 heterocycles. The summed E-state index contributed by atoms with van der Waals surface area (Å²) in [6.07, 6.45) is 1.04. The van der Waals surface area contributed by atoms with E-state index in [9.17, 15) is 0 Å². The first-order valence-corrected chi connectivity index (χ1v) is 3.66. The summed E-state index contributed by atoms with van der Waals surface area (Å²) in [5, 5.41) is 4.34. The van der Waals surface area contributed by atoms with Crippen LogP contribution in [-0.2, 0) is 13.5 Å². The van der Waals surface area contributed by atoms with E-state index >= 15 is 0 Å². The van der Waals surface area contributed by atoms with Crippen molar-refractivity contribution in [1.82, 2.24) is 9.78 Å². The van der Waals surface area contributed by atoms with Crippen LogP contribution in [-0.4, -0.2) is 9.78 Å². The summed E-state index contributed by atoms with van der Waals surface area (Å²) in [5.74, 6) is 0. The molecule has 0 radical (unpaired) electrons. The summed E-state index contributed by atoms with van der Waals surface area (Å²) < 4.78 is 1.94. The first kappa shape index (κ1) is 7.32. The Morgan fingerprint density at radius 2 is 2.00 bits per heavy atom. The molecule has 0 aliphatic rings. The van der Waals surface area contributed by atoms with Crippen LogP contribution in [0.1, 0.15) is 23.9 Å². The van der Waals surface area contributed by atoms with Crippen molar-refractivity contribution in [3.63, 3.8) is 0 Å². The Morgan fingerprint density at radius 3 is 2.20 bits per heavy atom. The van der Waals surface area contributed by atoms with Gasteiger partial charge in [0.15, 0.2) is 0 Å². The van der Waals surface area contributed by atoms with Crippen molar-refractivity contribution >= 4 is 0 Å². The van der Waals surface area contributed by atoms with Crippen LogP contribution < -0.4 is 0 Å². The number of rotatable bonds is 1. The molecule has 0 fully saturated rings. The lowest BCUT2D eigenvalue weighted by Gasteiger charge is -1.91. The minimum absolute atomic E-state index is 1.04. The minimum atomic E-state index is 1.04. The maximum absolute atomic E-state index is 4.34. The Balaban J connectivity index is 3.17. The molecule has 0 saturated carbocycles. The van der Waals surface area contributed by atoms with E-state index in [1.807, 2.05) is 11.7 Å². The molecule has 1 aromatic rings. The molecule has 0 N–H and O–H groups in total. The van der Waals surface area contributed by atoms with Gasteiger partial charge in [-0.15, -0.1) is 0 Å². The highest BCUT2D eigenvalue weighted by atomic mass is 15.3. The van der Waals surface area contributed by atoms with Crippen molar-refractivity contribution in [3.8, 4) is 0 Å². The SMILES string of the molecule is CCc1nn(C)c(C)c1C. The minimum Gasteiger partial charge on any atom is -0.272 e. The van der Waals surface area contributed by atoms with Crippen molar-refractivity contribution in [2.24, 2.45) is 7.05 Å². The second-order valence-electron chi connectivity index (χ2n) is 2.63. The number of aryl methyl sites for hydroxylation is 2. The highest BCUT2D eigenvalue weighted by molar-refractivity contribution is 5.22. The molecule has 1 rings (SSSR count). The molecular formula is C8H14N2. The van der Waals surface area contributed by atoms with Gasteiger partial charge in [0.05, 0.1) is 5.69 Å². The summed E-state index contributed by atoms with van der Waals surface area (Å²) in [6.45, 7) is 6.36. The summed E-state index contributed by atoms with van der Waals surface area (Å²) in [6, 6.07) is 0. The molecule has 0 aliphatic heterocycles. The van der Waals surface area contributed by atoms with Gasteiger partial charge in [-0.1, -0.05) is 6.92 Å². The standard InChI is InChI=1S/C8H14N2/c1-5-8-6(2)7(3)10(4)9-8/h5H2,1-4H3. The van der Waals surface area contributed by atoms with Gasteiger partial charge in [0.2, 0.25) is 0 Å². The summed E-state index contributed by atoms with van der Waals surface area (Å²) >= 11 is 0. The highest BCUT2D eigenvalue weighted by Gasteiger charge is 2.04. The average molecular weight is 138 g/mol. The molecule has 1 aromatic heterocycles. The Kier molecular flexibility index (Phi) is 1.79. The van der Waals surface area contributed by atoms with E-state index < -0.39 is 0 Å². The fraction of sp³-hybridized carbons (Fsp3) is 0.625. The predicted molar refractivity (Wildman–Crippen MR) is 42.1 cm³/mol. The quantitative estimate of drug-likeness (QED) is 0.576. The van der Waals surface area contributed by atoms with Crippen molar-refractivity contribution in [2.45, 2.75) is 27.2 Å². The molecule has 0 bridgehead atoms. The lowest BCUT2D eigenvalue weighted by molar-refractivity contribution is 0.723. The lowest BCUT2D eigenvalue weighted by Crippen LogP contribution is -1.92. The van der Waals surface area contributed by atoms with Gasteiger partial charge in [-0.2, -0.15) is 5.10 Å². The van der Waals surface area contributed by atoms with Crippen LogP contribution in [0.2, 0.25) is 0 Å². The van der Waals surface area contributed by atoms with Crippen LogP contribution in [0, 0.1) is 13.8 Å². The molecule has 0 aliphatic carbocycles. The normalized spacial score (nSPS) is 10.4. The zero-order valence-electron chi connectivity index (χ0n) is 7.10. The molecular weight excluding hydrogens is 124 g/mol.